The fourth-order valence-corrected chi connectivity index (χ4v) is 0.976. The second-order valence-corrected chi connectivity index (χ2v) is 2.46. The van der Waals surface area contributed by atoms with Gasteiger partial charge in [0.2, 0.25) is 0 Å². The third kappa shape index (κ3) is 1.49. The highest BCUT2D eigenvalue weighted by atomic mass is 19.1. The van der Waals surface area contributed by atoms with Crippen LogP contribution in [-0.2, 0) is 0 Å². The summed E-state index contributed by atoms with van der Waals surface area (Å²) in [5.74, 6) is -0.542. The number of rotatable bonds is 1. The lowest BCUT2D eigenvalue weighted by molar-refractivity contribution is 0.452. The maximum Gasteiger partial charge on any atom is 0.131 e. The SMILES string of the molecule is CC(N)c1c(O)cccc1F. The summed E-state index contributed by atoms with van der Waals surface area (Å²) >= 11 is 0. The number of hydrogen-bond donors (Lipinski definition) is 2. The van der Waals surface area contributed by atoms with Crippen molar-refractivity contribution >= 4 is 0 Å². The van der Waals surface area contributed by atoms with Crippen molar-refractivity contribution < 1.29 is 9.50 Å². The van der Waals surface area contributed by atoms with Gasteiger partial charge in [-0.2, -0.15) is 0 Å². The molecule has 3 N–H and O–H groups in total. The lowest BCUT2D eigenvalue weighted by atomic mass is 10.1. The number of nitrogens with two attached hydrogens (primary N) is 1. The highest BCUT2D eigenvalue weighted by molar-refractivity contribution is 5.35. The number of halogens is 1. The average molecular weight is 155 g/mol. The van der Waals surface area contributed by atoms with Crippen molar-refractivity contribution in [3.63, 3.8) is 0 Å². The topological polar surface area (TPSA) is 46.2 Å². The first-order valence-corrected chi connectivity index (χ1v) is 3.36. The molecule has 0 radical (unpaired) electrons. The lowest BCUT2D eigenvalue weighted by Gasteiger charge is -2.08. The van der Waals surface area contributed by atoms with Crippen molar-refractivity contribution in [3.8, 4) is 5.75 Å². The molecular weight excluding hydrogens is 145 g/mol. The Morgan fingerprint density at radius 2 is 2.18 bits per heavy atom. The summed E-state index contributed by atoms with van der Waals surface area (Å²) in [6, 6.07) is 3.66. The molecule has 11 heavy (non-hydrogen) atoms. The molecule has 0 heterocycles. The van der Waals surface area contributed by atoms with E-state index in [9.17, 15) is 4.39 Å². The van der Waals surface area contributed by atoms with Gasteiger partial charge in [-0.05, 0) is 19.1 Å². The van der Waals surface area contributed by atoms with E-state index in [2.05, 4.69) is 0 Å². The molecule has 1 rings (SSSR count). The van der Waals surface area contributed by atoms with Crippen LogP contribution in [0.2, 0.25) is 0 Å². The first-order valence-electron chi connectivity index (χ1n) is 3.36. The molecule has 1 unspecified atom stereocenters. The summed E-state index contributed by atoms with van der Waals surface area (Å²) in [7, 11) is 0. The van der Waals surface area contributed by atoms with Gasteiger partial charge in [0, 0.05) is 11.6 Å². The van der Waals surface area contributed by atoms with Crippen LogP contribution in [-0.4, -0.2) is 5.11 Å². The summed E-state index contributed by atoms with van der Waals surface area (Å²) in [6.07, 6.45) is 0. The van der Waals surface area contributed by atoms with Gasteiger partial charge in [0.15, 0.2) is 0 Å². The number of phenols is 1. The standard InChI is InChI=1S/C8H10FNO/c1-5(10)8-6(9)3-2-4-7(8)11/h2-5,11H,10H2,1H3. The number of benzene rings is 1. The molecule has 3 heteroatoms. The van der Waals surface area contributed by atoms with Crippen LogP contribution in [0.25, 0.3) is 0 Å². The first kappa shape index (κ1) is 8.01. The van der Waals surface area contributed by atoms with Crippen LogP contribution in [0.1, 0.15) is 18.5 Å². The van der Waals surface area contributed by atoms with Crippen molar-refractivity contribution in [3.05, 3.63) is 29.6 Å². The highest BCUT2D eigenvalue weighted by Gasteiger charge is 2.10. The van der Waals surface area contributed by atoms with E-state index in [1.54, 1.807) is 6.92 Å². The zero-order chi connectivity index (χ0) is 8.43. The molecule has 1 atom stereocenters. The maximum absolute atomic E-state index is 12.9. The number of hydrogen-bond acceptors (Lipinski definition) is 2. The van der Waals surface area contributed by atoms with Crippen LogP contribution in [0, 0.1) is 5.82 Å². The molecule has 0 aliphatic heterocycles. The molecule has 0 saturated heterocycles. The van der Waals surface area contributed by atoms with E-state index in [0.717, 1.165) is 0 Å². The minimum Gasteiger partial charge on any atom is -0.508 e. The quantitative estimate of drug-likeness (QED) is 0.646. The smallest absolute Gasteiger partial charge is 0.131 e. The predicted octanol–water partition coefficient (Wildman–Crippen LogP) is 1.55. The minimum absolute atomic E-state index is 0.0833. The van der Waals surface area contributed by atoms with Gasteiger partial charge in [-0.1, -0.05) is 6.07 Å². The molecular formula is C8H10FNO. The van der Waals surface area contributed by atoms with Gasteiger partial charge in [0.25, 0.3) is 0 Å². The first-order chi connectivity index (χ1) is 5.13. The van der Waals surface area contributed by atoms with Gasteiger partial charge in [-0.3, -0.25) is 0 Å². The molecule has 60 valence electrons. The van der Waals surface area contributed by atoms with Gasteiger partial charge in [-0.15, -0.1) is 0 Å². The van der Waals surface area contributed by atoms with Gasteiger partial charge < -0.3 is 10.8 Å². The van der Waals surface area contributed by atoms with Crippen LogP contribution < -0.4 is 5.73 Å². The number of phenolic OH excluding ortho intramolecular Hbond substituents is 1. The van der Waals surface area contributed by atoms with Crippen molar-refractivity contribution in [1.82, 2.24) is 0 Å². The molecule has 0 aliphatic rings. The van der Waals surface area contributed by atoms with E-state index < -0.39 is 11.9 Å². The second-order valence-electron chi connectivity index (χ2n) is 2.46. The molecule has 0 spiro atoms. The maximum atomic E-state index is 12.9. The summed E-state index contributed by atoms with van der Waals surface area (Å²) in [4.78, 5) is 0. The van der Waals surface area contributed by atoms with Crippen LogP contribution in [0.5, 0.6) is 5.75 Å². The van der Waals surface area contributed by atoms with Gasteiger partial charge in [0.1, 0.15) is 11.6 Å². The van der Waals surface area contributed by atoms with Crippen LogP contribution in [0.3, 0.4) is 0 Å². The van der Waals surface area contributed by atoms with Crippen molar-refractivity contribution in [2.45, 2.75) is 13.0 Å². The van der Waals surface area contributed by atoms with Crippen molar-refractivity contribution in [1.29, 1.82) is 0 Å². The van der Waals surface area contributed by atoms with E-state index in [-0.39, 0.29) is 11.3 Å². The van der Waals surface area contributed by atoms with Crippen molar-refractivity contribution in [2.24, 2.45) is 5.73 Å². The molecule has 1 aromatic rings. The molecule has 0 bridgehead atoms. The summed E-state index contributed by atoms with van der Waals surface area (Å²) in [6.45, 7) is 1.62. The van der Waals surface area contributed by atoms with Crippen LogP contribution >= 0.6 is 0 Å². The average Bonchev–Trinajstić information content (AvgIpc) is 1.85. The summed E-state index contributed by atoms with van der Waals surface area (Å²) in [5, 5.41) is 9.14. The fraction of sp³-hybridized carbons (Fsp3) is 0.250. The molecule has 0 saturated carbocycles. The van der Waals surface area contributed by atoms with E-state index in [1.165, 1.54) is 18.2 Å². The van der Waals surface area contributed by atoms with Crippen LogP contribution in [0.15, 0.2) is 18.2 Å². The Morgan fingerprint density at radius 3 is 2.55 bits per heavy atom. The third-order valence-electron chi connectivity index (χ3n) is 1.49. The van der Waals surface area contributed by atoms with Crippen molar-refractivity contribution in [2.75, 3.05) is 0 Å². The molecule has 0 fully saturated rings. The Hall–Kier alpha value is -1.09. The van der Waals surface area contributed by atoms with E-state index >= 15 is 0 Å². The monoisotopic (exact) mass is 155 g/mol. The molecule has 2 nitrogen and oxygen atoms in total. The minimum atomic E-state index is -0.476. The van der Waals surface area contributed by atoms with Crippen LogP contribution in [0.4, 0.5) is 4.39 Å². The predicted molar refractivity (Wildman–Crippen MR) is 40.7 cm³/mol. The third-order valence-corrected chi connectivity index (χ3v) is 1.49. The lowest BCUT2D eigenvalue weighted by Crippen LogP contribution is -2.07. The fourth-order valence-electron chi connectivity index (χ4n) is 0.976. The molecule has 0 aliphatic carbocycles. The Bertz CT molecular complexity index is 240. The van der Waals surface area contributed by atoms with Gasteiger partial charge in [0.05, 0.1) is 0 Å². The Kier molecular flexibility index (Phi) is 2.10. The molecule has 1 aromatic carbocycles. The van der Waals surface area contributed by atoms with E-state index in [4.69, 9.17) is 10.8 Å². The Balaban J connectivity index is 3.21. The molecule has 0 amide bonds. The van der Waals surface area contributed by atoms with Gasteiger partial charge >= 0.3 is 0 Å². The molecule has 0 aromatic heterocycles. The normalized spacial score (nSPS) is 13.0. The Labute approximate surface area is 64.5 Å². The summed E-state index contributed by atoms with van der Waals surface area (Å²) in [5.41, 5.74) is 5.59. The zero-order valence-electron chi connectivity index (χ0n) is 6.21. The second kappa shape index (κ2) is 2.88. The van der Waals surface area contributed by atoms with E-state index in [1.807, 2.05) is 0 Å². The number of aromatic hydroxyl groups is 1. The largest absolute Gasteiger partial charge is 0.508 e. The van der Waals surface area contributed by atoms with Gasteiger partial charge in [-0.25, -0.2) is 4.39 Å². The Morgan fingerprint density at radius 1 is 1.55 bits per heavy atom. The highest BCUT2D eigenvalue weighted by Crippen LogP contribution is 2.24. The van der Waals surface area contributed by atoms with E-state index in [0.29, 0.717) is 0 Å². The summed E-state index contributed by atoms with van der Waals surface area (Å²) < 4.78 is 12.9. The zero-order valence-corrected chi connectivity index (χ0v) is 6.21.